The highest BCUT2D eigenvalue weighted by atomic mass is 32.2. The van der Waals surface area contributed by atoms with Gasteiger partial charge >= 0.3 is 5.97 Å². The number of nitrogens with two attached hydrogens (primary N) is 1. The fraction of sp³-hybridized carbons (Fsp3) is 0.250. The van der Waals surface area contributed by atoms with Gasteiger partial charge in [0.15, 0.2) is 5.82 Å². The molecule has 1 fully saturated rings. The maximum atomic E-state index is 12.8. The lowest BCUT2D eigenvalue weighted by molar-refractivity contribution is 0.0318. The third-order valence-electron chi connectivity index (χ3n) is 6.74. The molecule has 1 aliphatic rings. The van der Waals surface area contributed by atoms with E-state index < -0.39 is 15.9 Å². The van der Waals surface area contributed by atoms with Gasteiger partial charge in [-0.1, -0.05) is 24.3 Å². The van der Waals surface area contributed by atoms with Crippen LogP contribution in [0, 0.1) is 0 Å². The number of nitrogens with one attached hydrogen (secondary N) is 1. The van der Waals surface area contributed by atoms with Gasteiger partial charge in [0, 0.05) is 16.5 Å². The molecule has 0 bridgehead atoms. The molecule has 3 N–H and O–H groups in total. The monoisotopic (exact) mass is 548 g/mol. The number of nitrogens with zero attached hydrogens (tertiary/aromatic N) is 2. The van der Waals surface area contributed by atoms with Gasteiger partial charge in [-0.15, -0.1) is 0 Å². The first-order valence-electron chi connectivity index (χ1n) is 12.5. The molecule has 3 aromatic carbocycles. The van der Waals surface area contributed by atoms with Gasteiger partial charge in [-0.25, -0.2) is 17.9 Å². The molecule has 0 unspecified atom stereocenters. The Morgan fingerprint density at radius 3 is 2.46 bits per heavy atom. The van der Waals surface area contributed by atoms with Crippen LogP contribution in [0.3, 0.4) is 0 Å². The van der Waals surface area contributed by atoms with Gasteiger partial charge in [-0.3, -0.25) is 9.48 Å². The molecule has 5 rings (SSSR count). The second-order valence-electron chi connectivity index (χ2n) is 9.36. The van der Waals surface area contributed by atoms with Crippen molar-refractivity contribution in [3.05, 3.63) is 83.4 Å². The Kier molecular flexibility index (Phi) is 7.25. The number of hydrogen-bond acceptors (Lipinski definition) is 8. The number of amides is 1. The van der Waals surface area contributed by atoms with E-state index in [1.54, 1.807) is 47.1 Å². The first kappa shape index (κ1) is 26.2. The number of benzene rings is 3. The maximum Gasteiger partial charge on any atom is 0.338 e. The fourth-order valence-corrected chi connectivity index (χ4v) is 5.69. The Bertz CT molecular complexity index is 1640. The molecule has 1 aliphatic carbocycles. The van der Waals surface area contributed by atoms with Crippen molar-refractivity contribution in [1.29, 1.82) is 0 Å². The minimum atomic E-state index is -4.03. The fourth-order valence-electron chi connectivity index (χ4n) is 4.69. The molecular formula is C28H28N4O6S. The molecule has 1 saturated carbocycles. The number of carbonyl (C=O) groups is 2. The number of methoxy groups -OCH3 is 1. The molecule has 0 aliphatic heterocycles. The Balaban J connectivity index is 1.38. The summed E-state index contributed by atoms with van der Waals surface area (Å²) in [5, 5.41) is 5.12. The van der Waals surface area contributed by atoms with Crippen LogP contribution in [-0.2, 0) is 21.3 Å². The van der Waals surface area contributed by atoms with Crippen molar-refractivity contribution in [3.63, 3.8) is 0 Å². The van der Waals surface area contributed by atoms with E-state index in [9.17, 15) is 18.0 Å². The van der Waals surface area contributed by atoms with Gasteiger partial charge in [0.25, 0.3) is 15.9 Å². The van der Waals surface area contributed by atoms with E-state index >= 15 is 0 Å². The van der Waals surface area contributed by atoms with E-state index in [4.69, 9.17) is 15.2 Å². The zero-order valence-electron chi connectivity index (χ0n) is 21.3. The number of sulfonamides is 1. The lowest BCUT2D eigenvalue weighted by Crippen LogP contribution is -2.30. The summed E-state index contributed by atoms with van der Waals surface area (Å²) in [6.07, 6.45) is 3.83. The topological polar surface area (TPSA) is 143 Å². The van der Waals surface area contributed by atoms with Crippen molar-refractivity contribution >= 4 is 38.6 Å². The highest BCUT2D eigenvalue weighted by Gasteiger charge is 2.22. The highest BCUT2D eigenvalue weighted by Crippen LogP contribution is 2.28. The van der Waals surface area contributed by atoms with Crippen molar-refractivity contribution in [2.75, 3.05) is 12.8 Å². The largest absolute Gasteiger partial charge is 0.496 e. The molecule has 11 heteroatoms. The van der Waals surface area contributed by atoms with Gasteiger partial charge in [0.2, 0.25) is 0 Å². The number of nitrogen functional groups attached to an aromatic ring is 1. The summed E-state index contributed by atoms with van der Waals surface area (Å²) in [4.78, 5) is 25.5. The molecule has 0 radical (unpaired) electrons. The SMILES string of the molecule is COc1cc(C(=O)NS(=O)(=O)c2ccccc2)ccc1Cn1nc(N)c2ccc(C(=O)OC3CCCC3)cc21. The summed E-state index contributed by atoms with van der Waals surface area (Å²) in [6, 6.07) is 17.4. The van der Waals surface area contributed by atoms with Gasteiger partial charge < -0.3 is 15.2 Å². The molecule has 4 aromatic rings. The highest BCUT2D eigenvalue weighted by molar-refractivity contribution is 7.90. The van der Waals surface area contributed by atoms with Gasteiger partial charge in [-0.05, 0) is 68.1 Å². The van der Waals surface area contributed by atoms with Crippen LogP contribution in [0.5, 0.6) is 5.75 Å². The standard InChI is InChI=1S/C28H28N4O6S/c1-37-25-16-18(27(33)31-39(35,36)22-9-3-2-4-10-22)11-12-20(25)17-32-24-15-19(13-14-23(24)26(29)30-32)28(34)38-21-7-5-6-8-21/h2-4,9-16,21H,5-8,17H2,1H3,(H2,29,30)(H,31,33). The Morgan fingerprint density at radius 2 is 1.74 bits per heavy atom. The van der Waals surface area contributed by atoms with E-state index in [0.29, 0.717) is 33.6 Å². The van der Waals surface area contributed by atoms with Crippen molar-refractivity contribution in [2.24, 2.45) is 0 Å². The number of esters is 1. The quantitative estimate of drug-likeness (QED) is 0.316. The third kappa shape index (κ3) is 5.58. The lowest BCUT2D eigenvalue weighted by Gasteiger charge is -2.13. The summed E-state index contributed by atoms with van der Waals surface area (Å²) in [5.41, 5.74) is 7.97. The van der Waals surface area contributed by atoms with Crippen LogP contribution in [-0.4, -0.2) is 43.3 Å². The van der Waals surface area contributed by atoms with Gasteiger partial charge in [-0.2, -0.15) is 5.10 Å². The van der Waals surface area contributed by atoms with Crippen molar-refractivity contribution in [2.45, 2.75) is 43.2 Å². The van der Waals surface area contributed by atoms with E-state index in [1.165, 1.54) is 31.4 Å². The number of ether oxygens (including phenoxy) is 2. The summed E-state index contributed by atoms with van der Waals surface area (Å²) in [7, 11) is -2.58. The smallest absolute Gasteiger partial charge is 0.338 e. The van der Waals surface area contributed by atoms with E-state index in [1.807, 2.05) is 0 Å². The second-order valence-corrected chi connectivity index (χ2v) is 11.0. The molecule has 39 heavy (non-hydrogen) atoms. The van der Waals surface area contributed by atoms with E-state index in [-0.39, 0.29) is 29.1 Å². The van der Waals surface area contributed by atoms with Crippen molar-refractivity contribution < 1.29 is 27.5 Å². The predicted molar refractivity (Wildman–Crippen MR) is 145 cm³/mol. The first-order valence-corrected chi connectivity index (χ1v) is 14.0. The second kappa shape index (κ2) is 10.8. The number of aromatic nitrogens is 2. The third-order valence-corrected chi connectivity index (χ3v) is 8.09. The van der Waals surface area contributed by atoms with Crippen molar-refractivity contribution in [1.82, 2.24) is 14.5 Å². The Morgan fingerprint density at radius 1 is 1.03 bits per heavy atom. The number of hydrogen-bond donors (Lipinski definition) is 2. The Labute approximate surface area is 225 Å². The van der Waals surface area contributed by atoms with Crippen LogP contribution < -0.4 is 15.2 Å². The summed E-state index contributed by atoms with van der Waals surface area (Å²) >= 11 is 0. The normalized spacial score (nSPS) is 13.9. The number of rotatable bonds is 8. The molecule has 1 heterocycles. The maximum absolute atomic E-state index is 12.8. The molecule has 0 spiro atoms. The average molecular weight is 549 g/mol. The van der Waals surface area contributed by atoms with E-state index in [0.717, 1.165) is 25.7 Å². The van der Waals surface area contributed by atoms with Crippen LogP contribution in [0.4, 0.5) is 5.82 Å². The first-order chi connectivity index (χ1) is 18.7. The summed E-state index contributed by atoms with van der Waals surface area (Å²) in [6.45, 7) is 0.224. The molecular weight excluding hydrogens is 520 g/mol. The average Bonchev–Trinajstić information content (AvgIpc) is 3.56. The van der Waals surface area contributed by atoms with E-state index in [2.05, 4.69) is 9.82 Å². The summed E-state index contributed by atoms with van der Waals surface area (Å²) in [5.74, 6) is -0.503. The van der Waals surface area contributed by atoms with Gasteiger partial charge in [0.05, 0.1) is 29.6 Å². The Hall–Kier alpha value is -4.38. The minimum Gasteiger partial charge on any atom is -0.496 e. The molecule has 0 atom stereocenters. The lowest BCUT2D eigenvalue weighted by atomic mass is 10.1. The van der Waals surface area contributed by atoms with Gasteiger partial charge in [0.1, 0.15) is 11.9 Å². The van der Waals surface area contributed by atoms with Crippen LogP contribution in [0.2, 0.25) is 0 Å². The molecule has 202 valence electrons. The van der Waals surface area contributed by atoms with Crippen LogP contribution in [0.25, 0.3) is 10.9 Å². The molecule has 1 aromatic heterocycles. The van der Waals surface area contributed by atoms with Crippen LogP contribution in [0.1, 0.15) is 52.0 Å². The zero-order valence-corrected chi connectivity index (χ0v) is 22.1. The zero-order chi connectivity index (χ0) is 27.6. The number of fused-ring (bicyclic) bond motifs is 1. The molecule has 1 amide bonds. The minimum absolute atomic E-state index is 0.0171. The summed E-state index contributed by atoms with van der Waals surface area (Å²) < 4.78 is 40.0. The van der Waals surface area contributed by atoms with Crippen LogP contribution >= 0.6 is 0 Å². The number of carbonyl (C=O) groups excluding carboxylic acids is 2. The predicted octanol–water partition coefficient (Wildman–Crippen LogP) is 3.89. The van der Waals surface area contributed by atoms with Crippen molar-refractivity contribution in [3.8, 4) is 5.75 Å². The molecule has 0 saturated heterocycles. The van der Waals surface area contributed by atoms with Crippen LogP contribution in [0.15, 0.2) is 71.6 Å². The number of anilines is 1. The molecule has 10 nitrogen and oxygen atoms in total.